The number of nitrogens with one attached hydrogen (secondary N) is 1. The minimum atomic E-state index is 0.342. The number of aromatic nitrogens is 1. The first-order valence-electron chi connectivity index (χ1n) is 8.60. The lowest BCUT2D eigenvalue weighted by Gasteiger charge is -2.36. The number of fused-ring (bicyclic) bond motifs is 1. The molecule has 2 heterocycles. The fourth-order valence-electron chi connectivity index (χ4n) is 3.97. The standard InChI is InChI=1S/C18H28N2O/c1-3-10-19-17(18-13(2)9-12-21-18)15-8-4-6-14-7-5-11-20-16(14)15/h5,7,11,13,15,17-19H,3-4,6,8-10,12H2,1-2H3. The normalized spacial score (nSPS) is 30.1. The van der Waals surface area contributed by atoms with Crippen molar-refractivity contribution >= 4 is 0 Å². The first-order valence-corrected chi connectivity index (χ1v) is 8.60. The van der Waals surface area contributed by atoms with Crippen molar-refractivity contribution in [3.05, 3.63) is 29.6 Å². The van der Waals surface area contributed by atoms with E-state index in [9.17, 15) is 0 Å². The van der Waals surface area contributed by atoms with Gasteiger partial charge in [-0.2, -0.15) is 0 Å². The van der Waals surface area contributed by atoms with Crippen LogP contribution in [0.25, 0.3) is 0 Å². The average molecular weight is 288 g/mol. The fourth-order valence-corrected chi connectivity index (χ4v) is 3.97. The Bertz CT molecular complexity index is 462. The summed E-state index contributed by atoms with van der Waals surface area (Å²) in [6.45, 7) is 6.55. The van der Waals surface area contributed by atoms with Gasteiger partial charge in [0.2, 0.25) is 0 Å². The van der Waals surface area contributed by atoms with Gasteiger partial charge in [-0.05, 0) is 56.2 Å². The minimum Gasteiger partial charge on any atom is -0.376 e. The van der Waals surface area contributed by atoms with E-state index in [1.165, 1.54) is 43.4 Å². The Hall–Kier alpha value is -0.930. The third-order valence-corrected chi connectivity index (χ3v) is 5.10. The Balaban J connectivity index is 1.86. The molecule has 3 heteroatoms. The molecule has 1 aliphatic heterocycles. The lowest BCUT2D eigenvalue weighted by molar-refractivity contribution is 0.0492. The van der Waals surface area contributed by atoms with E-state index in [1.54, 1.807) is 0 Å². The van der Waals surface area contributed by atoms with Gasteiger partial charge >= 0.3 is 0 Å². The van der Waals surface area contributed by atoms with E-state index in [-0.39, 0.29) is 0 Å². The molecule has 0 saturated carbocycles. The van der Waals surface area contributed by atoms with Gasteiger partial charge in [-0.3, -0.25) is 4.98 Å². The molecule has 1 aromatic heterocycles. The van der Waals surface area contributed by atoms with Crippen LogP contribution in [0, 0.1) is 5.92 Å². The van der Waals surface area contributed by atoms with Gasteiger partial charge in [-0.25, -0.2) is 0 Å². The number of hydrogen-bond donors (Lipinski definition) is 1. The minimum absolute atomic E-state index is 0.342. The largest absolute Gasteiger partial charge is 0.376 e. The van der Waals surface area contributed by atoms with Crippen LogP contribution in [0.4, 0.5) is 0 Å². The van der Waals surface area contributed by atoms with Crippen LogP contribution in [-0.2, 0) is 11.2 Å². The van der Waals surface area contributed by atoms with Crippen LogP contribution in [-0.4, -0.2) is 30.3 Å². The fraction of sp³-hybridized carbons (Fsp3) is 0.722. The Morgan fingerprint density at radius 1 is 1.43 bits per heavy atom. The van der Waals surface area contributed by atoms with Gasteiger partial charge < -0.3 is 10.1 Å². The molecule has 4 unspecified atom stereocenters. The van der Waals surface area contributed by atoms with Crippen molar-refractivity contribution < 1.29 is 4.74 Å². The molecule has 1 fully saturated rings. The second-order valence-electron chi connectivity index (χ2n) is 6.63. The van der Waals surface area contributed by atoms with Crippen LogP contribution < -0.4 is 5.32 Å². The van der Waals surface area contributed by atoms with Gasteiger partial charge in [-0.15, -0.1) is 0 Å². The lowest BCUT2D eigenvalue weighted by atomic mass is 9.78. The summed E-state index contributed by atoms with van der Waals surface area (Å²) in [6, 6.07) is 4.74. The van der Waals surface area contributed by atoms with Gasteiger partial charge in [0.15, 0.2) is 0 Å². The Labute approximate surface area is 128 Å². The highest BCUT2D eigenvalue weighted by molar-refractivity contribution is 5.28. The van der Waals surface area contributed by atoms with Crippen molar-refractivity contribution in [2.45, 2.75) is 64.0 Å². The highest BCUT2D eigenvalue weighted by atomic mass is 16.5. The maximum Gasteiger partial charge on any atom is 0.0760 e. The van der Waals surface area contributed by atoms with Crippen molar-refractivity contribution in [3.8, 4) is 0 Å². The molecule has 0 bridgehead atoms. The summed E-state index contributed by atoms with van der Waals surface area (Å²) in [6.07, 6.45) is 8.34. The predicted octanol–water partition coefficient (Wildman–Crippen LogP) is 3.29. The molecule has 21 heavy (non-hydrogen) atoms. The summed E-state index contributed by atoms with van der Waals surface area (Å²) in [7, 11) is 0. The van der Waals surface area contributed by atoms with Crippen LogP contribution >= 0.6 is 0 Å². The number of nitrogens with zero attached hydrogens (tertiary/aromatic N) is 1. The Morgan fingerprint density at radius 3 is 3.10 bits per heavy atom. The number of ether oxygens (including phenoxy) is 1. The predicted molar refractivity (Wildman–Crippen MR) is 85.5 cm³/mol. The van der Waals surface area contributed by atoms with E-state index in [4.69, 9.17) is 9.72 Å². The molecule has 1 saturated heterocycles. The SMILES string of the molecule is CCCNC(C1CCCc2cccnc21)C1OCCC1C. The van der Waals surface area contributed by atoms with Crippen molar-refractivity contribution in [2.24, 2.45) is 5.92 Å². The van der Waals surface area contributed by atoms with Gasteiger partial charge in [0.1, 0.15) is 0 Å². The monoisotopic (exact) mass is 288 g/mol. The first kappa shape index (κ1) is 15.0. The maximum absolute atomic E-state index is 6.10. The molecule has 0 radical (unpaired) electrons. The summed E-state index contributed by atoms with van der Waals surface area (Å²) in [5.41, 5.74) is 2.77. The number of aryl methyl sites for hydroxylation is 1. The molecular weight excluding hydrogens is 260 g/mol. The molecule has 3 rings (SSSR count). The molecule has 3 nitrogen and oxygen atoms in total. The van der Waals surface area contributed by atoms with Crippen molar-refractivity contribution in [3.63, 3.8) is 0 Å². The summed E-state index contributed by atoms with van der Waals surface area (Å²) in [4.78, 5) is 4.73. The maximum atomic E-state index is 6.10. The second kappa shape index (κ2) is 6.89. The number of rotatable bonds is 5. The van der Waals surface area contributed by atoms with E-state index in [0.717, 1.165) is 13.2 Å². The van der Waals surface area contributed by atoms with E-state index < -0.39 is 0 Å². The zero-order chi connectivity index (χ0) is 14.7. The van der Waals surface area contributed by atoms with E-state index in [2.05, 4.69) is 31.3 Å². The average Bonchev–Trinajstić information content (AvgIpc) is 2.94. The molecule has 1 N–H and O–H groups in total. The van der Waals surface area contributed by atoms with Crippen LogP contribution in [0.2, 0.25) is 0 Å². The van der Waals surface area contributed by atoms with E-state index >= 15 is 0 Å². The zero-order valence-electron chi connectivity index (χ0n) is 13.3. The third kappa shape index (κ3) is 3.14. The van der Waals surface area contributed by atoms with Crippen molar-refractivity contribution in [2.75, 3.05) is 13.2 Å². The summed E-state index contributed by atoms with van der Waals surface area (Å²) in [5, 5.41) is 3.79. The highest BCUT2D eigenvalue weighted by Crippen LogP contribution is 2.37. The van der Waals surface area contributed by atoms with Crippen LogP contribution in [0.15, 0.2) is 18.3 Å². The topological polar surface area (TPSA) is 34.2 Å². The molecule has 1 aromatic rings. The molecule has 4 atom stereocenters. The van der Waals surface area contributed by atoms with Gasteiger partial charge in [0.25, 0.3) is 0 Å². The van der Waals surface area contributed by atoms with Gasteiger partial charge in [-0.1, -0.05) is 19.9 Å². The van der Waals surface area contributed by atoms with E-state index in [1.807, 2.05) is 6.20 Å². The van der Waals surface area contributed by atoms with Crippen LogP contribution in [0.1, 0.15) is 56.7 Å². The lowest BCUT2D eigenvalue weighted by Crippen LogP contribution is -2.47. The number of pyridine rings is 1. The Morgan fingerprint density at radius 2 is 2.33 bits per heavy atom. The first-order chi connectivity index (χ1) is 10.3. The van der Waals surface area contributed by atoms with Gasteiger partial charge in [0, 0.05) is 30.5 Å². The molecule has 0 aromatic carbocycles. The zero-order valence-corrected chi connectivity index (χ0v) is 13.3. The molecule has 0 spiro atoms. The van der Waals surface area contributed by atoms with E-state index in [0.29, 0.717) is 24.0 Å². The molecule has 0 amide bonds. The summed E-state index contributed by atoms with van der Waals surface area (Å²) < 4.78 is 6.10. The summed E-state index contributed by atoms with van der Waals surface area (Å²) >= 11 is 0. The second-order valence-corrected chi connectivity index (χ2v) is 6.63. The van der Waals surface area contributed by atoms with Crippen LogP contribution in [0.3, 0.4) is 0 Å². The molecule has 2 aliphatic rings. The molecule has 116 valence electrons. The quantitative estimate of drug-likeness (QED) is 0.902. The molecular formula is C18H28N2O. The third-order valence-electron chi connectivity index (χ3n) is 5.10. The van der Waals surface area contributed by atoms with Crippen molar-refractivity contribution in [1.29, 1.82) is 0 Å². The van der Waals surface area contributed by atoms with Crippen molar-refractivity contribution in [1.82, 2.24) is 10.3 Å². The Kier molecular flexibility index (Phi) is 4.91. The highest BCUT2D eigenvalue weighted by Gasteiger charge is 2.39. The van der Waals surface area contributed by atoms with Crippen LogP contribution in [0.5, 0.6) is 0 Å². The summed E-state index contributed by atoms with van der Waals surface area (Å²) in [5.74, 6) is 1.15. The molecule has 1 aliphatic carbocycles. The number of hydrogen-bond acceptors (Lipinski definition) is 3. The smallest absolute Gasteiger partial charge is 0.0760 e. The van der Waals surface area contributed by atoms with Gasteiger partial charge in [0.05, 0.1) is 6.10 Å².